The first-order valence-corrected chi connectivity index (χ1v) is 6.87. The number of anilines is 1. The lowest BCUT2D eigenvalue weighted by molar-refractivity contribution is -0.274. The monoisotopic (exact) mass is 471 g/mol. The van der Waals surface area contributed by atoms with E-state index in [1.165, 1.54) is 24.3 Å². The van der Waals surface area contributed by atoms with Crippen LogP contribution < -0.4 is 15.8 Å². The van der Waals surface area contributed by atoms with Crippen LogP contribution in [0.3, 0.4) is 0 Å². The van der Waals surface area contributed by atoms with E-state index in [2.05, 4.69) is 15.0 Å². The highest BCUT2D eigenvalue weighted by atomic mass is 127. The Morgan fingerprint density at radius 3 is 2.33 bits per heavy atom. The normalized spacial score (nSPS) is 11.6. The van der Waals surface area contributed by atoms with Gasteiger partial charge in [0.2, 0.25) is 0 Å². The van der Waals surface area contributed by atoms with Crippen LogP contribution in [0.15, 0.2) is 53.5 Å². The summed E-state index contributed by atoms with van der Waals surface area (Å²) in [5.74, 6) is -0.191. The van der Waals surface area contributed by atoms with E-state index in [1.54, 1.807) is 6.07 Å². The number of halogens is 5. The molecule has 4 nitrogen and oxygen atoms in total. The van der Waals surface area contributed by atoms with Crippen LogP contribution in [-0.2, 0) is 6.54 Å². The van der Waals surface area contributed by atoms with Gasteiger partial charge in [-0.15, -0.1) is 37.1 Å². The van der Waals surface area contributed by atoms with Gasteiger partial charge < -0.3 is 15.8 Å². The summed E-state index contributed by atoms with van der Waals surface area (Å²) in [6.07, 6.45) is -4.72. The maximum atomic E-state index is 12.1. The molecule has 0 aromatic heterocycles. The van der Waals surface area contributed by atoms with Gasteiger partial charge in [-0.2, -0.15) is 0 Å². The zero-order valence-electron chi connectivity index (χ0n) is 12.2. The standard InChI is InChI=1S/C15H13ClF3N3O.HI/c16-13-4-2-1-3-10(13)9-21-14(20)22-11-5-7-12(8-6-11)23-15(17,18)19;/h1-8H,9H2,(H3,20,21,22);1H. The Labute approximate surface area is 158 Å². The van der Waals surface area contributed by atoms with Crippen LogP contribution in [0, 0.1) is 0 Å². The smallest absolute Gasteiger partial charge is 0.406 e. The molecule has 0 atom stereocenters. The molecule has 0 aliphatic heterocycles. The van der Waals surface area contributed by atoms with Gasteiger partial charge in [0, 0.05) is 10.7 Å². The van der Waals surface area contributed by atoms with Crippen molar-refractivity contribution in [2.24, 2.45) is 10.7 Å². The molecular weight excluding hydrogens is 458 g/mol. The lowest BCUT2D eigenvalue weighted by atomic mass is 10.2. The Balaban J connectivity index is 0.00000288. The van der Waals surface area contributed by atoms with E-state index in [0.29, 0.717) is 10.7 Å². The van der Waals surface area contributed by atoms with Gasteiger partial charge in [-0.05, 0) is 35.9 Å². The third-order valence-corrected chi connectivity index (χ3v) is 3.11. The summed E-state index contributed by atoms with van der Waals surface area (Å²) < 4.78 is 40.0. The van der Waals surface area contributed by atoms with E-state index < -0.39 is 6.36 Å². The second-order valence-corrected chi connectivity index (χ2v) is 4.90. The highest BCUT2D eigenvalue weighted by molar-refractivity contribution is 14.0. The Morgan fingerprint density at radius 2 is 1.75 bits per heavy atom. The highest BCUT2D eigenvalue weighted by Gasteiger charge is 2.30. The van der Waals surface area contributed by atoms with Crippen LogP contribution >= 0.6 is 35.6 Å². The number of rotatable bonds is 4. The number of nitrogens with two attached hydrogens (primary N) is 1. The van der Waals surface area contributed by atoms with Crippen LogP contribution in [0.1, 0.15) is 5.56 Å². The largest absolute Gasteiger partial charge is 0.573 e. The third kappa shape index (κ3) is 6.83. The molecule has 0 fully saturated rings. The molecule has 0 saturated carbocycles. The molecule has 2 aromatic carbocycles. The summed E-state index contributed by atoms with van der Waals surface area (Å²) >= 11 is 6.00. The second kappa shape index (κ2) is 8.97. The molecule has 0 amide bonds. The molecule has 0 spiro atoms. The molecule has 0 unspecified atom stereocenters. The summed E-state index contributed by atoms with van der Waals surface area (Å²) in [6.45, 7) is 0.285. The average Bonchev–Trinajstić information content (AvgIpc) is 2.47. The summed E-state index contributed by atoms with van der Waals surface area (Å²) in [4.78, 5) is 4.12. The van der Waals surface area contributed by atoms with Crippen LogP contribution in [0.25, 0.3) is 0 Å². The fraction of sp³-hybridized carbons (Fsp3) is 0.133. The van der Waals surface area contributed by atoms with Gasteiger partial charge in [-0.1, -0.05) is 29.8 Å². The SMILES string of the molecule is I.NC(=NCc1ccccc1Cl)Nc1ccc(OC(F)(F)F)cc1. The van der Waals surface area contributed by atoms with Gasteiger partial charge in [-0.3, -0.25) is 0 Å². The number of hydrogen-bond donors (Lipinski definition) is 2. The molecule has 130 valence electrons. The van der Waals surface area contributed by atoms with Gasteiger partial charge in [0.25, 0.3) is 0 Å². The Bertz CT molecular complexity index is 693. The van der Waals surface area contributed by atoms with E-state index in [1.807, 2.05) is 18.2 Å². The first-order chi connectivity index (χ1) is 10.8. The van der Waals surface area contributed by atoms with Crippen LogP contribution in [0.5, 0.6) is 5.75 Å². The van der Waals surface area contributed by atoms with Crippen LogP contribution in [0.4, 0.5) is 18.9 Å². The number of guanidine groups is 1. The minimum atomic E-state index is -4.72. The Hall–Kier alpha value is -1.68. The minimum Gasteiger partial charge on any atom is -0.406 e. The zero-order valence-corrected chi connectivity index (χ0v) is 15.3. The summed E-state index contributed by atoms with van der Waals surface area (Å²) in [6, 6.07) is 12.4. The maximum Gasteiger partial charge on any atom is 0.573 e. The molecule has 2 aromatic rings. The van der Waals surface area contributed by atoms with Gasteiger partial charge >= 0.3 is 6.36 Å². The first kappa shape index (κ1) is 20.4. The average molecular weight is 472 g/mol. The quantitative estimate of drug-likeness (QED) is 0.383. The maximum absolute atomic E-state index is 12.1. The second-order valence-electron chi connectivity index (χ2n) is 4.49. The van der Waals surface area contributed by atoms with Gasteiger partial charge in [0.15, 0.2) is 5.96 Å². The number of nitrogens with one attached hydrogen (secondary N) is 1. The summed E-state index contributed by atoms with van der Waals surface area (Å²) in [5.41, 5.74) is 7.03. The molecular formula is C15H14ClF3IN3O. The predicted octanol–water partition coefficient (Wildman–Crippen LogP) is 4.78. The zero-order chi connectivity index (χ0) is 16.9. The van der Waals surface area contributed by atoms with Crippen molar-refractivity contribution in [2.45, 2.75) is 12.9 Å². The van der Waals surface area contributed by atoms with Crippen molar-refractivity contribution in [1.29, 1.82) is 0 Å². The lowest BCUT2D eigenvalue weighted by Crippen LogP contribution is -2.22. The van der Waals surface area contributed by atoms with Crippen molar-refractivity contribution in [2.75, 3.05) is 5.32 Å². The minimum absolute atomic E-state index is 0. The molecule has 0 saturated heterocycles. The molecule has 9 heteroatoms. The van der Waals surface area contributed by atoms with E-state index in [-0.39, 0.29) is 42.2 Å². The number of aliphatic imine (C=N–C) groups is 1. The van der Waals surface area contributed by atoms with E-state index in [0.717, 1.165) is 5.56 Å². The predicted molar refractivity (Wildman–Crippen MR) is 98.9 cm³/mol. The molecule has 0 radical (unpaired) electrons. The Morgan fingerprint density at radius 1 is 1.12 bits per heavy atom. The Kier molecular flexibility index (Phi) is 7.61. The molecule has 0 aliphatic rings. The summed E-state index contributed by atoms with van der Waals surface area (Å²) in [5, 5.41) is 3.35. The van der Waals surface area contributed by atoms with Gasteiger partial charge in [-0.25, -0.2) is 4.99 Å². The van der Waals surface area contributed by atoms with Crippen molar-refractivity contribution in [3.05, 3.63) is 59.1 Å². The van der Waals surface area contributed by atoms with Gasteiger partial charge in [0.1, 0.15) is 5.75 Å². The number of ether oxygens (including phenoxy) is 1. The third-order valence-electron chi connectivity index (χ3n) is 2.74. The number of benzene rings is 2. The fourth-order valence-corrected chi connectivity index (χ4v) is 1.92. The van der Waals surface area contributed by atoms with Crippen LogP contribution in [0.2, 0.25) is 5.02 Å². The summed E-state index contributed by atoms with van der Waals surface area (Å²) in [7, 11) is 0. The first-order valence-electron chi connectivity index (χ1n) is 6.49. The molecule has 0 heterocycles. The van der Waals surface area contributed by atoms with Crippen molar-refractivity contribution in [1.82, 2.24) is 0 Å². The molecule has 24 heavy (non-hydrogen) atoms. The topological polar surface area (TPSA) is 59.6 Å². The molecule has 0 aliphatic carbocycles. The number of nitrogens with zero attached hydrogens (tertiary/aromatic N) is 1. The fourth-order valence-electron chi connectivity index (χ4n) is 1.72. The van der Waals surface area contributed by atoms with Gasteiger partial charge in [0.05, 0.1) is 6.54 Å². The van der Waals surface area contributed by atoms with Crippen molar-refractivity contribution >= 4 is 47.2 Å². The van der Waals surface area contributed by atoms with E-state index >= 15 is 0 Å². The number of alkyl halides is 3. The lowest BCUT2D eigenvalue weighted by Gasteiger charge is -2.10. The van der Waals surface area contributed by atoms with Crippen molar-refractivity contribution in [3.63, 3.8) is 0 Å². The molecule has 0 bridgehead atoms. The van der Waals surface area contributed by atoms with Crippen LogP contribution in [-0.4, -0.2) is 12.3 Å². The van der Waals surface area contributed by atoms with E-state index in [4.69, 9.17) is 17.3 Å². The molecule has 3 N–H and O–H groups in total. The van der Waals surface area contributed by atoms with Crippen molar-refractivity contribution < 1.29 is 17.9 Å². The number of hydrogen-bond acceptors (Lipinski definition) is 2. The molecule has 2 rings (SSSR count). The highest BCUT2D eigenvalue weighted by Crippen LogP contribution is 2.24. The van der Waals surface area contributed by atoms with Crippen molar-refractivity contribution in [3.8, 4) is 5.75 Å². The van der Waals surface area contributed by atoms with E-state index in [9.17, 15) is 13.2 Å².